The molecule has 2 aromatic rings. The van der Waals surface area contributed by atoms with Gasteiger partial charge in [0, 0.05) is 12.1 Å². The van der Waals surface area contributed by atoms with Gasteiger partial charge in [0.2, 0.25) is 5.91 Å². The molecule has 1 N–H and O–H groups in total. The summed E-state index contributed by atoms with van der Waals surface area (Å²) in [6.07, 6.45) is 2.55. The molecule has 0 spiro atoms. The number of carbonyl (C=O) groups is 1. The zero-order valence-corrected chi connectivity index (χ0v) is 8.99. The van der Waals surface area contributed by atoms with E-state index in [1.54, 1.807) is 0 Å². The number of hydrogen-bond acceptors (Lipinski definition) is 1. The minimum atomic E-state index is 0.133. The first-order valence-electron chi connectivity index (χ1n) is 5.65. The average Bonchev–Trinajstić information content (AvgIpc) is 2.50. The van der Waals surface area contributed by atoms with Crippen LogP contribution in [0.25, 0.3) is 10.8 Å². The molecule has 0 atom stereocenters. The topological polar surface area (TPSA) is 29.1 Å². The van der Waals surface area contributed by atoms with Gasteiger partial charge in [-0.1, -0.05) is 30.3 Å². The first-order chi connectivity index (χ1) is 7.84. The van der Waals surface area contributed by atoms with Crippen molar-refractivity contribution in [1.82, 2.24) is 0 Å². The van der Waals surface area contributed by atoms with Gasteiger partial charge in [0.15, 0.2) is 0 Å². The summed E-state index contributed by atoms with van der Waals surface area (Å²) in [4.78, 5) is 11.5. The molecule has 0 unspecified atom stereocenters. The lowest BCUT2D eigenvalue weighted by molar-refractivity contribution is -0.116. The highest BCUT2D eigenvalue weighted by Gasteiger charge is 2.14. The Morgan fingerprint density at radius 3 is 2.81 bits per heavy atom. The normalized spacial score (nSPS) is 15.4. The molecule has 1 heterocycles. The van der Waals surface area contributed by atoms with E-state index in [9.17, 15) is 4.79 Å². The van der Waals surface area contributed by atoms with Gasteiger partial charge in [-0.2, -0.15) is 0 Å². The van der Waals surface area contributed by atoms with E-state index >= 15 is 0 Å². The van der Waals surface area contributed by atoms with E-state index in [0.29, 0.717) is 6.42 Å². The summed E-state index contributed by atoms with van der Waals surface area (Å²) in [5, 5.41) is 5.49. The smallest absolute Gasteiger partial charge is 0.224 e. The number of amides is 1. The Morgan fingerprint density at radius 2 is 1.88 bits per heavy atom. The summed E-state index contributed by atoms with van der Waals surface area (Å²) in [7, 11) is 0. The van der Waals surface area contributed by atoms with E-state index in [1.165, 1.54) is 16.3 Å². The molecule has 0 radical (unpaired) electrons. The van der Waals surface area contributed by atoms with E-state index in [0.717, 1.165) is 18.5 Å². The van der Waals surface area contributed by atoms with E-state index in [-0.39, 0.29) is 5.91 Å². The number of carbonyl (C=O) groups excluding carboxylic acids is 1. The third-order valence-corrected chi connectivity index (χ3v) is 3.15. The van der Waals surface area contributed by atoms with Crippen LogP contribution in [0.1, 0.15) is 18.4 Å². The highest BCUT2D eigenvalue weighted by atomic mass is 16.1. The summed E-state index contributed by atoms with van der Waals surface area (Å²) in [6, 6.07) is 12.4. The third-order valence-electron chi connectivity index (χ3n) is 3.15. The fourth-order valence-electron chi connectivity index (χ4n) is 2.36. The minimum absolute atomic E-state index is 0.133. The van der Waals surface area contributed by atoms with Crippen LogP contribution < -0.4 is 5.32 Å². The van der Waals surface area contributed by atoms with Gasteiger partial charge < -0.3 is 5.32 Å². The number of hydrogen-bond donors (Lipinski definition) is 1. The first kappa shape index (κ1) is 9.40. The van der Waals surface area contributed by atoms with E-state index in [2.05, 4.69) is 29.6 Å². The second kappa shape index (κ2) is 3.63. The molecule has 80 valence electrons. The van der Waals surface area contributed by atoms with Gasteiger partial charge in [-0.15, -0.1) is 0 Å². The molecule has 1 amide bonds. The molecule has 1 aliphatic heterocycles. The Balaban J connectivity index is 2.25. The average molecular weight is 211 g/mol. The van der Waals surface area contributed by atoms with E-state index in [1.807, 2.05) is 12.1 Å². The van der Waals surface area contributed by atoms with Crippen LogP contribution in [0.4, 0.5) is 5.69 Å². The Bertz CT molecular complexity index is 560. The number of fused-ring (bicyclic) bond motifs is 3. The molecule has 3 rings (SSSR count). The van der Waals surface area contributed by atoms with Gasteiger partial charge in [0.1, 0.15) is 0 Å². The van der Waals surface area contributed by atoms with E-state index in [4.69, 9.17) is 0 Å². The molecule has 0 fully saturated rings. The molecule has 0 saturated heterocycles. The van der Waals surface area contributed by atoms with Gasteiger partial charge in [0.25, 0.3) is 0 Å². The van der Waals surface area contributed by atoms with Gasteiger partial charge in [-0.05, 0) is 35.2 Å². The van der Waals surface area contributed by atoms with Gasteiger partial charge >= 0.3 is 0 Å². The molecule has 2 nitrogen and oxygen atoms in total. The quantitative estimate of drug-likeness (QED) is 0.712. The fourth-order valence-corrected chi connectivity index (χ4v) is 2.36. The third kappa shape index (κ3) is 1.47. The van der Waals surface area contributed by atoms with Crippen molar-refractivity contribution in [3.05, 3.63) is 42.0 Å². The zero-order chi connectivity index (χ0) is 11.0. The maximum Gasteiger partial charge on any atom is 0.224 e. The highest BCUT2D eigenvalue weighted by molar-refractivity contribution is 5.98. The molecule has 16 heavy (non-hydrogen) atoms. The monoisotopic (exact) mass is 211 g/mol. The second-order valence-corrected chi connectivity index (χ2v) is 4.21. The van der Waals surface area contributed by atoms with Crippen molar-refractivity contribution in [3.63, 3.8) is 0 Å². The number of rotatable bonds is 0. The molecule has 2 heteroatoms. The SMILES string of the molecule is O=C1CCCc2c(ccc3ccccc23)N1. The summed E-state index contributed by atoms with van der Waals surface area (Å²) >= 11 is 0. The Labute approximate surface area is 94.3 Å². The van der Waals surface area contributed by atoms with Crippen molar-refractivity contribution < 1.29 is 4.79 Å². The molecular weight excluding hydrogens is 198 g/mol. The molecule has 0 saturated carbocycles. The van der Waals surface area contributed by atoms with Gasteiger partial charge in [0.05, 0.1) is 0 Å². The van der Waals surface area contributed by atoms with Crippen LogP contribution in [0.2, 0.25) is 0 Å². The van der Waals surface area contributed by atoms with Crippen LogP contribution in [0.3, 0.4) is 0 Å². The van der Waals surface area contributed by atoms with Gasteiger partial charge in [-0.25, -0.2) is 0 Å². The maximum atomic E-state index is 11.5. The zero-order valence-electron chi connectivity index (χ0n) is 8.99. The predicted molar refractivity (Wildman–Crippen MR) is 65.5 cm³/mol. The van der Waals surface area contributed by atoms with Gasteiger partial charge in [-0.3, -0.25) is 4.79 Å². The molecule has 2 aromatic carbocycles. The lowest BCUT2D eigenvalue weighted by Crippen LogP contribution is -2.09. The Hall–Kier alpha value is -1.83. The summed E-state index contributed by atoms with van der Waals surface area (Å²) < 4.78 is 0. The van der Waals surface area contributed by atoms with Crippen molar-refractivity contribution in [1.29, 1.82) is 0 Å². The predicted octanol–water partition coefficient (Wildman–Crippen LogP) is 3.11. The summed E-state index contributed by atoms with van der Waals surface area (Å²) in [6.45, 7) is 0. The summed E-state index contributed by atoms with van der Waals surface area (Å²) in [5.41, 5.74) is 2.27. The van der Waals surface area contributed by atoms with Crippen LogP contribution >= 0.6 is 0 Å². The van der Waals surface area contributed by atoms with Crippen LogP contribution in [0, 0.1) is 0 Å². The van der Waals surface area contributed by atoms with Crippen LogP contribution in [-0.4, -0.2) is 5.91 Å². The van der Waals surface area contributed by atoms with Crippen LogP contribution in [0.5, 0.6) is 0 Å². The van der Waals surface area contributed by atoms with Crippen LogP contribution in [-0.2, 0) is 11.2 Å². The van der Waals surface area contributed by atoms with E-state index < -0.39 is 0 Å². The maximum absolute atomic E-state index is 11.5. The first-order valence-corrected chi connectivity index (χ1v) is 5.65. The minimum Gasteiger partial charge on any atom is -0.326 e. The van der Waals surface area contributed by atoms with Crippen molar-refractivity contribution in [2.45, 2.75) is 19.3 Å². The Morgan fingerprint density at radius 1 is 1.00 bits per heavy atom. The lowest BCUT2D eigenvalue weighted by Gasteiger charge is -2.09. The molecule has 1 aliphatic rings. The highest BCUT2D eigenvalue weighted by Crippen LogP contribution is 2.29. The Kier molecular flexibility index (Phi) is 2.13. The number of nitrogens with one attached hydrogen (secondary N) is 1. The lowest BCUT2D eigenvalue weighted by atomic mass is 9.99. The molecule has 0 aliphatic carbocycles. The number of anilines is 1. The van der Waals surface area contributed by atoms with Crippen molar-refractivity contribution in [2.24, 2.45) is 0 Å². The molecule has 0 aromatic heterocycles. The number of benzene rings is 2. The van der Waals surface area contributed by atoms with Crippen LogP contribution in [0.15, 0.2) is 36.4 Å². The van der Waals surface area contributed by atoms with Crippen molar-refractivity contribution >= 4 is 22.4 Å². The molecular formula is C14H13NO. The largest absolute Gasteiger partial charge is 0.326 e. The fraction of sp³-hybridized carbons (Fsp3) is 0.214. The van der Waals surface area contributed by atoms with Crippen molar-refractivity contribution in [2.75, 3.05) is 5.32 Å². The number of aryl methyl sites for hydroxylation is 1. The molecule has 0 bridgehead atoms. The summed E-state index contributed by atoms with van der Waals surface area (Å²) in [5.74, 6) is 0.133. The second-order valence-electron chi connectivity index (χ2n) is 4.21. The van der Waals surface area contributed by atoms with Crippen molar-refractivity contribution in [3.8, 4) is 0 Å². The standard InChI is InChI=1S/C14H13NO/c16-14-7-3-6-12-11-5-2-1-4-10(11)8-9-13(12)15-14/h1-2,4-5,8-9H,3,6-7H2,(H,15,16).